The maximum Gasteiger partial charge on any atom is 0.259 e. The van der Waals surface area contributed by atoms with Crippen LogP contribution in [0.4, 0.5) is 0 Å². The zero-order valence-corrected chi connectivity index (χ0v) is 12.8. The molecule has 3 aromatic rings. The minimum Gasteiger partial charge on any atom is -0.418 e. The van der Waals surface area contributed by atoms with E-state index in [9.17, 15) is 0 Å². The van der Waals surface area contributed by atoms with E-state index in [4.69, 9.17) is 27.6 Å². The number of nitrogens with zero attached hydrogens (tertiary/aromatic N) is 2. The molecule has 0 fully saturated rings. The maximum atomic E-state index is 6.35. The van der Waals surface area contributed by atoms with E-state index < -0.39 is 5.38 Å². The molecule has 3 nitrogen and oxygen atoms in total. The lowest BCUT2D eigenvalue weighted by molar-refractivity contribution is 0.514. The fourth-order valence-electron chi connectivity index (χ4n) is 1.77. The van der Waals surface area contributed by atoms with Crippen molar-refractivity contribution in [3.63, 3.8) is 0 Å². The molecule has 1 aromatic carbocycles. The quantitative estimate of drug-likeness (QED) is 0.630. The third-order valence-corrected chi connectivity index (χ3v) is 4.97. The van der Waals surface area contributed by atoms with Gasteiger partial charge >= 0.3 is 0 Å². The van der Waals surface area contributed by atoms with E-state index in [2.05, 4.69) is 10.2 Å². The zero-order chi connectivity index (χ0) is 14.1. The number of rotatable bonds is 3. The first-order chi connectivity index (χ1) is 9.66. The summed E-state index contributed by atoms with van der Waals surface area (Å²) in [5, 5.41) is 10.2. The lowest BCUT2D eigenvalue weighted by Gasteiger charge is -2.03. The molecule has 0 saturated carbocycles. The number of hydrogen-bond acceptors (Lipinski definition) is 4. The molecule has 6 heteroatoms. The van der Waals surface area contributed by atoms with Gasteiger partial charge in [-0.25, -0.2) is 0 Å². The van der Waals surface area contributed by atoms with Crippen LogP contribution in [-0.4, -0.2) is 10.2 Å². The lowest BCUT2D eigenvalue weighted by atomic mass is 10.1. The van der Waals surface area contributed by atoms with Gasteiger partial charge in [-0.05, 0) is 23.4 Å². The molecule has 0 aliphatic rings. The first kappa shape index (κ1) is 13.6. The van der Waals surface area contributed by atoms with Gasteiger partial charge in [0.2, 0.25) is 5.89 Å². The second kappa shape index (κ2) is 5.56. The second-order valence-corrected chi connectivity index (χ2v) is 5.97. The highest BCUT2D eigenvalue weighted by atomic mass is 35.5. The van der Waals surface area contributed by atoms with Crippen LogP contribution < -0.4 is 0 Å². The van der Waals surface area contributed by atoms with Crippen LogP contribution >= 0.6 is 34.5 Å². The molecule has 20 heavy (non-hydrogen) atoms. The molecule has 0 radical (unpaired) electrons. The van der Waals surface area contributed by atoms with Crippen molar-refractivity contribution in [1.82, 2.24) is 10.2 Å². The molecule has 102 valence electrons. The molecule has 1 unspecified atom stereocenters. The summed E-state index contributed by atoms with van der Waals surface area (Å²) in [6.07, 6.45) is 0. The molecular weight excluding hydrogens is 315 g/mol. The number of thiophene rings is 1. The standard InChI is InChI=1S/C14H10Cl2N2OS/c1-8-7-20-12(10(8)15)14-18-17-13(19-14)11(16)9-5-3-2-4-6-9/h2-7,11H,1H3. The summed E-state index contributed by atoms with van der Waals surface area (Å²) in [6.45, 7) is 1.94. The lowest BCUT2D eigenvalue weighted by Crippen LogP contribution is -1.92. The van der Waals surface area contributed by atoms with Crippen LogP contribution in [0.2, 0.25) is 5.02 Å². The van der Waals surface area contributed by atoms with Gasteiger partial charge in [0.1, 0.15) is 10.3 Å². The number of halogens is 2. The summed E-state index contributed by atoms with van der Waals surface area (Å²) >= 11 is 14.0. The van der Waals surface area contributed by atoms with Crippen molar-refractivity contribution in [2.45, 2.75) is 12.3 Å². The third kappa shape index (κ3) is 2.46. The molecule has 0 aliphatic heterocycles. The Morgan fingerprint density at radius 2 is 1.95 bits per heavy atom. The Labute approximate surface area is 130 Å². The highest BCUT2D eigenvalue weighted by Crippen LogP contribution is 2.37. The highest BCUT2D eigenvalue weighted by Gasteiger charge is 2.21. The Hall–Kier alpha value is -1.36. The van der Waals surface area contributed by atoms with Crippen LogP contribution in [0.3, 0.4) is 0 Å². The number of hydrogen-bond donors (Lipinski definition) is 0. The average Bonchev–Trinajstić information content (AvgIpc) is 3.08. The Morgan fingerprint density at radius 1 is 1.20 bits per heavy atom. The molecular formula is C14H10Cl2N2OS. The van der Waals surface area contributed by atoms with E-state index in [1.807, 2.05) is 42.6 Å². The maximum absolute atomic E-state index is 6.35. The summed E-state index contributed by atoms with van der Waals surface area (Å²) in [6, 6.07) is 9.61. The van der Waals surface area contributed by atoms with Crippen molar-refractivity contribution in [1.29, 1.82) is 0 Å². The smallest absolute Gasteiger partial charge is 0.259 e. The molecule has 3 rings (SSSR count). The average molecular weight is 325 g/mol. The molecule has 1 atom stereocenters. The van der Waals surface area contributed by atoms with Crippen molar-refractivity contribution >= 4 is 34.5 Å². The minimum absolute atomic E-state index is 0.370. The predicted octanol–water partition coefficient (Wildman–Crippen LogP) is 5.09. The van der Waals surface area contributed by atoms with Gasteiger partial charge < -0.3 is 4.42 Å². The number of aryl methyl sites for hydroxylation is 1. The highest BCUT2D eigenvalue weighted by molar-refractivity contribution is 7.14. The van der Waals surface area contributed by atoms with Crippen molar-refractivity contribution in [2.75, 3.05) is 0 Å². The molecule has 2 heterocycles. The van der Waals surface area contributed by atoms with E-state index in [1.165, 1.54) is 11.3 Å². The normalized spacial score (nSPS) is 12.6. The Bertz CT molecular complexity index is 724. The molecule has 0 bridgehead atoms. The SMILES string of the molecule is Cc1csc(-c2nnc(C(Cl)c3ccccc3)o2)c1Cl. The number of benzene rings is 1. The van der Waals surface area contributed by atoms with E-state index in [1.54, 1.807) is 0 Å². The summed E-state index contributed by atoms with van der Waals surface area (Å²) in [5.41, 5.74) is 1.91. The van der Waals surface area contributed by atoms with Crippen LogP contribution in [0, 0.1) is 6.92 Å². The van der Waals surface area contributed by atoms with Gasteiger partial charge in [-0.3, -0.25) is 0 Å². The third-order valence-electron chi connectivity index (χ3n) is 2.84. The van der Waals surface area contributed by atoms with E-state index in [0.29, 0.717) is 16.8 Å². The van der Waals surface area contributed by atoms with Gasteiger partial charge in [0, 0.05) is 0 Å². The topological polar surface area (TPSA) is 38.9 Å². The zero-order valence-electron chi connectivity index (χ0n) is 10.5. The minimum atomic E-state index is -0.461. The predicted molar refractivity (Wildman–Crippen MR) is 81.5 cm³/mol. The Morgan fingerprint density at radius 3 is 2.60 bits per heavy atom. The number of aromatic nitrogens is 2. The fourth-order valence-corrected chi connectivity index (χ4v) is 3.20. The van der Waals surface area contributed by atoms with E-state index >= 15 is 0 Å². The van der Waals surface area contributed by atoms with Crippen LogP contribution in [0.25, 0.3) is 10.8 Å². The summed E-state index contributed by atoms with van der Waals surface area (Å²) < 4.78 is 5.65. The molecule has 0 saturated heterocycles. The first-order valence-corrected chi connectivity index (χ1v) is 7.62. The largest absolute Gasteiger partial charge is 0.418 e. The summed E-state index contributed by atoms with van der Waals surface area (Å²) in [4.78, 5) is 0.778. The van der Waals surface area contributed by atoms with Gasteiger partial charge in [0.15, 0.2) is 0 Å². The number of alkyl halides is 1. The molecule has 0 N–H and O–H groups in total. The van der Waals surface area contributed by atoms with E-state index in [-0.39, 0.29) is 0 Å². The van der Waals surface area contributed by atoms with Crippen molar-refractivity contribution in [3.8, 4) is 10.8 Å². The van der Waals surface area contributed by atoms with Gasteiger partial charge in [-0.1, -0.05) is 41.9 Å². The van der Waals surface area contributed by atoms with Crippen LogP contribution in [-0.2, 0) is 0 Å². The first-order valence-electron chi connectivity index (χ1n) is 5.93. The van der Waals surface area contributed by atoms with Crippen molar-refractivity contribution in [2.24, 2.45) is 0 Å². The van der Waals surface area contributed by atoms with Gasteiger partial charge in [0.05, 0.1) is 5.02 Å². The van der Waals surface area contributed by atoms with E-state index in [0.717, 1.165) is 16.0 Å². The molecule has 0 spiro atoms. The Balaban J connectivity index is 1.93. The monoisotopic (exact) mass is 324 g/mol. The Kier molecular flexibility index (Phi) is 3.78. The van der Waals surface area contributed by atoms with Crippen LogP contribution in [0.1, 0.15) is 22.4 Å². The van der Waals surface area contributed by atoms with Crippen LogP contribution in [0.5, 0.6) is 0 Å². The fraction of sp³-hybridized carbons (Fsp3) is 0.143. The molecule has 0 amide bonds. The summed E-state index contributed by atoms with van der Waals surface area (Å²) in [7, 11) is 0. The van der Waals surface area contributed by atoms with Gasteiger partial charge in [-0.15, -0.1) is 33.1 Å². The molecule has 2 aromatic heterocycles. The second-order valence-electron chi connectivity index (χ2n) is 4.28. The van der Waals surface area contributed by atoms with Crippen molar-refractivity contribution in [3.05, 3.63) is 57.8 Å². The van der Waals surface area contributed by atoms with Gasteiger partial charge in [0.25, 0.3) is 5.89 Å². The van der Waals surface area contributed by atoms with Gasteiger partial charge in [-0.2, -0.15) is 0 Å². The summed E-state index contributed by atoms with van der Waals surface area (Å²) in [5.74, 6) is 0.777. The van der Waals surface area contributed by atoms with Crippen molar-refractivity contribution < 1.29 is 4.42 Å². The van der Waals surface area contributed by atoms with Crippen LogP contribution in [0.15, 0.2) is 40.1 Å². The molecule has 0 aliphatic carbocycles.